The zero-order valence-corrected chi connectivity index (χ0v) is 15.8. The molecule has 0 aliphatic carbocycles. The number of likely N-dealkylation sites (tertiary alicyclic amines) is 1. The molecule has 8 heteroatoms. The third kappa shape index (κ3) is 4.38. The van der Waals surface area contributed by atoms with Crippen molar-refractivity contribution in [1.29, 1.82) is 0 Å². The fraction of sp³-hybridized carbons (Fsp3) is 0.529. The van der Waals surface area contributed by atoms with E-state index < -0.39 is 15.9 Å². The van der Waals surface area contributed by atoms with Crippen molar-refractivity contribution in [3.63, 3.8) is 0 Å². The number of sulfonamides is 1. The summed E-state index contributed by atoms with van der Waals surface area (Å²) in [7, 11) is -0.753. The number of carbonyl (C=O) groups is 2. The lowest BCUT2D eigenvalue weighted by molar-refractivity contribution is -0.129. The molecule has 0 spiro atoms. The molecule has 0 unspecified atom stereocenters. The number of nitrogens with one attached hydrogen (secondary N) is 1. The highest BCUT2D eigenvalue weighted by molar-refractivity contribution is 7.89. The highest BCUT2D eigenvalue weighted by Gasteiger charge is 2.29. The van der Waals surface area contributed by atoms with Crippen LogP contribution in [0.4, 0.5) is 0 Å². The maximum absolute atomic E-state index is 12.3. The van der Waals surface area contributed by atoms with Gasteiger partial charge in [-0.2, -0.15) is 0 Å². The van der Waals surface area contributed by atoms with Gasteiger partial charge in [0.15, 0.2) is 0 Å². The maximum atomic E-state index is 12.3. The maximum Gasteiger partial charge on any atom is 0.251 e. The van der Waals surface area contributed by atoms with Crippen LogP contribution in [0.2, 0.25) is 0 Å². The van der Waals surface area contributed by atoms with Crippen molar-refractivity contribution in [1.82, 2.24) is 14.5 Å². The molecule has 1 N–H and O–H groups in total. The van der Waals surface area contributed by atoms with Gasteiger partial charge < -0.3 is 10.2 Å². The molecule has 1 aliphatic rings. The van der Waals surface area contributed by atoms with Crippen molar-refractivity contribution < 1.29 is 18.0 Å². The SMILES string of the molecule is C[C@H]1CN(C(=O)CNC(=O)c2cccc(S(=O)(=O)N(C)C)c2)C[C@@H]1C. The quantitative estimate of drug-likeness (QED) is 0.833. The molecule has 2 rings (SSSR count). The number of amides is 2. The van der Waals surface area contributed by atoms with Crippen LogP contribution in [0.15, 0.2) is 29.2 Å². The van der Waals surface area contributed by atoms with Gasteiger partial charge in [0.2, 0.25) is 15.9 Å². The first-order chi connectivity index (χ1) is 11.6. The van der Waals surface area contributed by atoms with Crippen molar-refractivity contribution in [3.8, 4) is 0 Å². The number of carbonyl (C=O) groups excluding carboxylic acids is 2. The van der Waals surface area contributed by atoms with Crippen molar-refractivity contribution in [2.45, 2.75) is 18.7 Å². The van der Waals surface area contributed by atoms with Gasteiger partial charge in [-0.25, -0.2) is 12.7 Å². The average Bonchev–Trinajstić information content (AvgIpc) is 2.91. The second-order valence-corrected chi connectivity index (χ2v) is 8.90. The lowest BCUT2D eigenvalue weighted by atomic mass is 10.0. The van der Waals surface area contributed by atoms with Crippen LogP contribution in [-0.2, 0) is 14.8 Å². The second kappa shape index (κ2) is 7.53. The Bertz CT molecular complexity index is 751. The predicted octanol–water partition coefficient (Wildman–Crippen LogP) is 0.781. The minimum Gasteiger partial charge on any atom is -0.343 e. The van der Waals surface area contributed by atoms with Gasteiger partial charge in [0, 0.05) is 32.7 Å². The first-order valence-electron chi connectivity index (χ1n) is 8.21. The van der Waals surface area contributed by atoms with Crippen LogP contribution in [0, 0.1) is 11.8 Å². The molecule has 1 heterocycles. The molecule has 1 aromatic rings. The Kier molecular flexibility index (Phi) is 5.84. The normalized spacial score (nSPS) is 20.8. The third-order valence-electron chi connectivity index (χ3n) is 4.62. The summed E-state index contributed by atoms with van der Waals surface area (Å²) in [5, 5.41) is 2.57. The van der Waals surface area contributed by atoms with E-state index in [1.807, 2.05) is 0 Å². The molecule has 1 saturated heterocycles. The van der Waals surface area contributed by atoms with E-state index >= 15 is 0 Å². The lowest BCUT2D eigenvalue weighted by Gasteiger charge is -2.16. The molecule has 2 atom stereocenters. The standard InChI is InChI=1S/C17H25N3O4S/c1-12-10-20(11-13(12)2)16(21)9-18-17(22)14-6-5-7-15(8-14)25(23,24)19(3)4/h5-8,12-13H,9-11H2,1-4H3,(H,18,22)/t12-,13-/m0/s1. The Morgan fingerprint density at radius 3 is 2.36 bits per heavy atom. The van der Waals surface area contributed by atoms with E-state index in [-0.39, 0.29) is 22.9 Å². The van der Waals surface area contributed by atoms with Crippen molar-refractivity contribution >= 4 is 21.8 Å². The number of rotatable bonds is 5. The van der Waals surface area contributed by atoms with Gasteiger partial charge in [-0.3, -0.25) is 9.59 Å². The summed E-state index contributed by atoms with van der Waals surface area (Å²) >= 11 is 0. The van der Waals surface area contributed by atoms with Crippen LogP contribution in [0.25, 0.3) is 0 Å². The molecule has 7 nitrogen and oxygen atoms in total. The molecule has 0 radical (unpaired) electrons. The molecule has 25 heavy (non-hydrogen) atoms. The van der Waals surface area contributed by atoms with Gasteiger partial charge in [0.05, 0.1) is 11.4 Å². The summed E-state index contributed by atoms with van der Waals surface area (Å²) in [6, 6.07) is 5.78. The molecule has 1 aliphatic heterocycles. The molecule has 0 aromatic heterocycles. The van der Waals surface area contributed by atoms with Crippen molar-refractivity contribution in [2.24, 2.45) is 11.8 Å². The first-order valence-corrected chi connectivity index (χ1v) is 9.65. The molecule has 1 aromatic carbocycles. The zero-order valence-electron chi connectivity index (χ0n) is 15.0. The minimum atomic E-state index is -3.61. The van der Waals surface area contributed by atoms with Gasteiger partial charge in [0.25, 0.3) is 5.91 Å². The molecular weight excluding hydrogens is 342 g/mol. The fourth-order valence-corrected chi connectivity index (χ4v) is 3.66. The van der Waals surface area contributed by atoms with E-state index in [1.54, 1.807) is 4.90 Å². The van der Waals surface area contributed by atoms with E-state index in [1.165, 1.54) is 38.4 Å². The molecule has 1 fully saturated rings. The predicted molar refractivity (Wildman–Crippen MR) is 94.6 cm³/mol. The van der Waals surface area contributed by atoms with E-state index in [9.17, 15) is 18.0 Å². The lowest BCUT2D eigenvalue weighted by Crippen LogP contribution is -2.39. The molecule has 2 amide bonds. The Hall–Kier alpha value is -1.93. The molecular formula is C17H25N3O4S. The largest absolute Gasteiger partial charge is 0.343 e. The van der Waals surface area contributed by atoms with Crippen LogP contribution in [-0.4, -0.2) is 63.2 Å². The molecule has 0 saturated carbocycles. The number of hydrogen-bond donors (Lipinski definition) is 1. The van der Waals surface area contributed by atoms with Crippen LogP contribution in [0.5, 0.6) is 0 Å². The minimum absolute atomic E-state index is 0.0404. The van der Waals surface area contributed by atoms with E-state index in [0.29, 0.717) is 24.9 Å². The van der Waals surface area contributed by atoms with Crippen LogP contribution >= 0.6 is 0 Å². The summed E-state index contributed by atoms with van der Waals surface area (Å²) in [4.78, 5) is 26.2. The topological polar surface area (TPSA) is 86.8 Å². The van der Waals surface area contributed by atoms with E-state index in [4.69, 9.17) is 0 Å². The average molecular weight is 367 g/mol. The third-order valence-corrected chi connectivity index (χ3v) is 6.43. The highest BCUT2D eigenvalue weighted by Crippen LogP contribution is 2.21. The molecule has 0 bridgehead atoms. The zero-order chi connectivity index (χ0) is 18.8. The summed E-state index contributed by atoms with van der Waals surface area (Å²) in [6.45, 7) is 5.52. The highest BCUT2D eigenvalue weighted by atomic mass is 32.2. The first kappa shape index (κ1) is 19.4. The monoisotopic (exact) mass is 367 g/mol. The van der Waals surface area contributed by atoms with Crippen molar-refractivity contribution in [2.75, 3.05) is 33.7 Å². The fourth-order valence-electron chi connectivity index (χ4n) is 2.71. The second-order valence-electron chi connectivity index (χ2n) is 6.75. The van der Waals surface area contributed by atoms with Crippen molar-refractivity contribution in [3.05, 3.63) is 29.8 Å². The van der Waals surface area contributed by atoms with Crippen LogP contribution < -0.4 is 5.32 Å². The van der Waals surface area contributed by atoms with Gasteiger partial charge in [0.1, 0.15) is 0 Å². The number of nitrogens with zero attached hydrogens (tertiary/aromatic N) is 2. The summed E-state index contributed by atoms with van der Waals surface area (Å²) < 4.78 is 25.4. The summed E-state index contributed by atoms with van der Waals surface area (Å²) in [5.74, 6) is 0.311. The van der Waals surface area contributed by atoms with Gasteiger partial charge in [-0.15, -0.1) is 0 Å². The van der Waals surface area contributed by atoms with Gasteiger partial charge >= 0.3 is 0 Å². The van der Waals surface area contributed by atoms with E-state index in [0.717, 1.165) is 4.31 Å². The van der Waals surface area contributed by atoms with Gasteiger partial charge in [-0.1, -0.05) is 19.9 Å². The number of benzene rings is 1. The summed E-state index contributed by atoms with van der Waals surface area (Å²) in [5.41, 5.74) is 0.207. The van der Waals surface area contributed by atoms with E-state index in [2.05, 4.69) is 19.2 Å². The van der Waals surface area contributed by atoms with Crippen LogP contribution in [0.3, 0.4) is 0 Å². The number of hydrogen-bond acceptors (Lipinski definition) is 4. The molecule has 138 valence electrons. The summed E-state index contributed by atoms with van der Waals surface area (Å²) in [6.07, 6.45) is 0. The van der Waals surface area contributed by atoms with Crippen LogP contribution in [0.1, 0.15) is 24.2 Å². The Morgan fingerprint density at radius 1 is 1.20 bits per heavy atom. The Labute approximate surface area is 149 Å². The Balaban J connectivity index is 2.01. The Morgan fingerprint density at radius 2 is 1.80 bits per heavy atom. The van der Waals surface area contributed by atoms with Gasteiger partial charge in [-0.05, 0) is 30.0 Å². The smallest absolute Gasteiger partial charge is 0.251 e.